The summed E-state index contributed by atoms with van der Waals surface area (Å²) in [5.74, 6) is -1.43. The van der Waals surface area contributed by atoms with Gasteiger partial charge in [-0.25, -0.2) is 9.59 Å². The number of aliphatic hydroxyl groups is 1. The van der Waals surface area contributed by atoms with Gasteiger partial charge < -0.3 is 15.3 Å². The Bertz CT molecular complexity index is 1580. The predicted molar refractivity (Wildman–Crippen MR) is 159 cm³/mol. The molecule has 3 aromatic carbocycles. The third-order valence-corrected chi connectivity index (χ3v) is 8.31. The number of aromatic carboxylic acids is 1. The van der Waals surface area contributed by atoms with Crippen LogP contribution in [0.25, 0.3) is 5.69 Å². The van der Waals surface area contributed by atoms with Crippen molar-refractivity contribution in [2.75, 3.05) is 0 Å². The van der Waals surface area contributed by atoms with E-state index in [4.69, 9.17) is 0 Å². The molecule has 8 nitrogen and oxygen atoms in total. The van der Waals surface area contributed by atoms with Gasteiger partial charge >= 0.3 is 11.7 Å². The summed E-state index contributed by atoms with van der Waals surface area (Å²) >= 11 is 0. The molecule has 1 fully saturated rings. The number of carbonyl (C=O) groups is 2. The van der Waals surface area contributed by atoms with Crippen LogP contribution in [0.3, 0.4) is 0 Å². The van der Waals surface area contributed by atoms with Gasteiger partial charge in [0.15, 0.2) is 0 Å². The molecular formula is C34H36N2O6. The Morgan fingerprint density at radius 2 is 1.50 bits per heavy atom. The van der Waals surface area contributed by atoms with Crippen LogP contribution >= 0.6 is 0 Å². The van der Waals surface area contributed by atoms with Gasteiger partial charge in [-0.3, -0.25) is 9.36 Å². The highest BCUT2D eigenvalue weighted by atomic mass is 16.4. The van der Waals surface area contributed by atoms with Crippen LogP contribution < -0.4 is 5.69 Å². The first-order valence-corrected chi connectivity index (χ1v) is 14.6. The fourth-order valence-corrected chi connectivity index (χ4v) is 5.88. The van der Waals surface area contributed by atoms with E-state index in [0.717, 1.165) is 22.1 Å². The van der Waals surface area contributed by atoms with Crippen molar-refractivity contribution in [2.24, 2.45) is 5.92 Å². The molecule has 4 aromatic rings. The number of aliphatic hydroxyl groups excluding tert-OH is 1. The Kier molecular flexibility index (Phi) is 9.03. The third kappa shape index (κ3) is 6.39. The number of aryl methyl sites for hydroxylation is 1. The van der Waals surface area contributed by atoms with Gasteiger partial charge in [-0.2, -0.15) is 4.57 Å². The largest absolute Gasteiger partial charge is 0.493 e. The Morgan fingerprint density at radius 3 is 2.14 bits per heavy atom. The number of carboxylic acids is 1. The average molecular weight is 569 g/mol. The molecule has 1 aliphatic carbocycles. The lowest BCUT2D eigenvalue weighted by molar-refractivity contribution is 0.0696. The van der Waals surface area contributed by atoms with Crippen molar-refractivity contribution >= 4 is 11.9 Å². The minimum absolute atomic E-state index is 0.166. The molecule has 0 bridgehead atoms. The van der Waals surface area contributed by atoms with E-state index in [0.29, 0.717) is 24.4 Å². The highest BCUT2D eigenvalue weighted by Gasteiger charge is 2.26. The standard InChI is InChI=1S/C34H36N2O6/c37-30(22-14-23-7-3-1-4-8-23)25-17-19-28(20-18-25)35-29(21-13-24-11-15-27(16-12-24)33(40)41)32(39)36(34(35)42)31(38)26-9-5-2-6-10-26/h2,5-6,9-12,15-20,23,30,37,39H,1,3-4,7-8,13-14,21-22H2,(H,40,41). The molecule has 8 heteroatoms. The Labute approximate surface area is 244 Å². The van der Waals surface area contributed by atoms with Crippen molar-refractivity contribution in [3.05, 3.63) is 117 Å². The molecule has 1 aliphatic rings. The average Bonchev–Trinajstić information content (AvgIpc) is 3.28. The molecule has 5 rings (SSSR count). The van der Waals surface area contributed by atoms with Crippen LogP contribution in [-0.2, 0) is 12.8 Å². The quantitative estimate of drug-likeness (QED) is 0.219. The van der Waals surface area contributed by atoms with Crippen molar-refractivity contribution in [2.45, 2.75) is 63.9 Å². The molecule has 3 N–H and O–H groups in total. The van der Waals surface area contributed by atoms with Crippen molar-refractivity contribution in [1.82, 2.24) is 9.13 Å². The second kappa shape index (κ2) is 13.0. The molecule has 0 spiro atoms. The summed E-state index contributed by atoms with van der Waals surface area (Å²) in [6.07, 6.45) is 7.95. The van der Waals surface area contributed by atoms with Crippen molar-refractivity contribution in [1.29, 1.82) is 0 Å². The number of imidazole rings is 1. The van der Waals surface area contributed by atoms with Gasteiger partial charge in [0.2, 0.25) is 5.88 Å². The van der Waals surface area contributed by atoms with Gasteiger partial charge in [0.1, 0.15) is 0 Å². The van der Waals surface area contributed by atoms with Gasteiger partial charge in [-0.15, -0.1) is 0 Å². The van der Waals surface area contributed by atoms with Gasteiger partial charge in [0, 0.05) is 5.56 Å². The maximum absolute atomic E-state index is 13.7. The molecule has 42 heavy (non-hydrogen) atoms. The number of hydrogen-bond donors (Lipinski definition) is 3. The number of hydrogen-bond acceptors (Lipinski definition) is 5. The normalized spacial score (nSPS) is 14.5. The number of carbonyl (C=O) groups excluding carboxylic acids is 1. The van der Waals surface area contributed by atoms with E-state index in [1.54, 1.807) is 66.7 Å². The minimum atomic E-state index is -1.02. The number of rotatable bonds is 10. The second-order valence-corrected chi connectivity index (χ2v) is 11.1. The molecular weight excluding hydrogens is 532 g/mol. The summed E-state index contributed by atoms with van der Waals surface area (Å²) < 4.78 is 2.12. The third-order valence-electron chi connectivity index (χ3n) is 8.31. The predicted octanol–water partition coefficient (Wildman–Crippen LogP) is 5.91. The first-order chi connectivity index (χ1) is 20.3. The number of benzene rings is 3. The molecule has 0 aliphatic heterocycles. The molecule has 0 saturated heterocycles. The lowest BCUT2D eigenvalue weighted by Gasteiger charge is -2.22. The summed E-state index contributed by atoms with van der Waals surface area (Å²) in [5, 5.41) is 31.2. The molecule has 1 heterocycles. The second-order valence-electron chi connectivity index (χ2n) is 11.1. The van der Waals surface area contributed by atoms with Crippen molar-refractivity contribution in [3.63, 3.8) is 0 Å². The van der Waals surface area contributed by atoms with E-state index < -0.39 is 29.6 Å². The summed E-state index contributed by atoms with van der Waals surface area (Å²) in [6, 6.07) is 21.7. The highest BCUT2D eigenvalue weighted by molar-refractivity contribution is 5.96. The number of nitrogens with zero attached hydrogens (tertiary/aromatic N) is 2. The number of carboxylic acid groups (broad SMARTS) is 1. The van der Waals surface area contributed by atoms with E-state index in [-0.39, 0.29) is 23.2 Å². The zero-order chi connectivity index (χ0) is 29.6. The first kappa shape index (κ1) is 29.1. The fraction of sp³-hybridized carbons (Fsp3) is 0.324. The van der Waals surface area contributed by atoms with E-state index in [1.807, 2.05) is 0 Å². The van der Waals surface area contributed by atoms with Crippen LogP contribution in [0.15, 0.2) is 83.7 Å². The van der Waals surface area contributed by atoms with Crippen LogP contribution in [0.2, 0.25) is 0 Å². The van der Waals surface area contributed by atoms with Crippen LogP contribution in [0.1, 0.15) is 88.6 Å². The zero-order valence-corrected chi connectivity index (χ0v) is 23.5. The van der Waals surface area contributed by atoms with Crippen LogP contribution in [0.5, 0.6) is 5.88 Å². The summed E-state index contributed by atoms with van der Waals surface area (Å²) in [4.78, 5) is 38.2. The Balaban J connectivity index is 1.43. The van der Waals surface area contributed by atoms with Crippen LogP contribution in [-0.4, -0.2) is 36.3 Å². The Morgan fingerprint density at radius 1 is 0.833 bits per heavy atom. The van der Waals surface area contributed by atoms with E-state index in [1.165, 1.54) is 48.8 Å². The fourth-order valence-electron chi connectivity index (χ4n) is 5.88. The zero-order valence-electron chi connectivity index (χ0n) is 23.5. The lowest BCUT2D eigenvalue weighted by Crippen LogP contribution is -2.29. The Hall–Kier alpha value is -4.43. The van der Waals surface area contributed by atoms with Crippen LogP contribution in [0, 0.1) is 5.92 Å². The van der Waals surface area contributed by atoms with Crippen molar-refractivity contribution in [3.8, 4) is 11.6 Å². The maximum atomic E-state index is 13.7. The molecule has 1 aromatic heterocycles. The highest BCUT2D eigenvalue weighted by Crippen LogP contribution is 2.31. The molecule has 1 saturated carbocycles. The first-order valence-electron chi connectivity index (χ1n) is 14.6. The molecule has 1 atom stereocenters. The maximum Gasteiger partial charge on any atom is 0.343 e. The van der Waals surface area contributed by atoms with E-state index in [2.05, 4.69) is 0 Å². The lowest BCUT2D eigenvalue weighted by atomic mass is 9.85. The topological polar surface area (TPSA) is 122 Å². The minimum Gasteiger partial charge on any atom is -0.493 e. The summed E-state index contributed by atoms with van der Waals surface area (Å²) in [5.41, 5.74) is 2.04. The van der Waals surface area contributed by atoms with E-state index >= 15 is 0 Å². The molecule has 1 unspecified atom stereocenters. The van der Waals surface area contributed by atoms with Gasteiger partial charge in [0.25, 0.3) is 5.91 Å². The molecule has 0 radical (unpaired) electrons. The van der Waals surface area contributed by atoms with Crippen molar-refractivity contribution < 1.29 is 24.9 Å². The SMILES string of the molecule is O=C(O)c1ccc(CCc2c(O)n(C(=O)c3ccccc3)c(=O)n2-c2ccc(C(O)CCC3CCCCC3)cc2)cc1. The number of aromatic hydroxyl groups is 1. The van der Waals surface area contributed by atoms with Gasteiger partial charge in [0.05, 0.1) is 23.0 Å². The molecule has 218 valence electrons. The monoisotopic (exact) mass is 568 g/mol. The summed E-state index contributed by atoms with van der Waals surface area (Å²) in [6.45, 7) is 0. The van der Waals surface area contributed by atoms with Gasteiger partial charge in [-0.05, 0) is 79.1 Å². The molecule has 0 amide bonds. The van der Waals surface area contributed by atoms with Gasteiger partial charge in [-0.1, -0.05) is 74.6 Å². The summed E-state index contributed by atoms with van der Waals surface area (Å²) in [7, 11) is 0. The number of aromatic nitrogens is 2. The smallest absolute Gasteiger partial charge is 0.343 e. The van der Waals surface area contributed by atoms with E-state index in [9.17, 15) is 29.7 Å². The van der Waals surface area contributed by atoms with Crippen LogP contribution in [0.4, 0.5) is 0 Å².